The van der Waals surface area contributed by atoms with Crippen LogP contribution in [0.5, 0.6) is 0 Å². The number of rotatable bonds is 9. The van der Waals surface area contributed by atoms with E-state index < -0.39 is 0 Å². The second-order valence-corrected chi connectivity index (χ2v) is 9.23. The highest BCUT2D eigenvalue weighted by molar-refractivity contribution is 7.99. The zero-order chi connectivity index (χ0) is 21.7. The summed E-state index contributed by atoms with van der Waals surface area (Å²) in [6, 6.07) is 17.9. The second-order valence-electron chi connectivity index (χ2n) is 8.29. The number of amides is 1. The first-order valence-corrected chi connectivity index (χ1v) is 12.1. The molecule has 1 saturated carbocycles. The summed E-state index contributed by atoms with van der Waals surface area (Å²) in [7, 11) is 0. The van der Waals surface area contributed by atoms with Crippen molar-refractivity contribution in [2.45, 2.75) is 56.1 Å². The Hall–Kier alpha value is -2.60. The van der Waals surface area contributed by atoms with Crippen molar-refractivity contribution in [3.05, 3.63) is 70.5 Å². The van der Waals surface area contributed by atoms with E-state index in [-0.39, 0.29) is 22.6 Å². The van der Waals surface area contributed by atoms with Crippen molar-refractivity contribution in [1.29, 1.82) is 0 Å². The second kappa shape index (κ2) is 9.69. The smallest absolute Gasteiger partial charge is 0.262 e. The van der Waals surface area contributed by atoms with Gasteiger partial charge in [0.25, 0.3) is 5.56 Å². The van der Waals surface area contributed by atoms with Gasteiger partial charge in [0, 0.05) is 18.5 Å². The van der Waals surface area contributed by atoms with Crippen LogP contribution in [-0.2, 0) is 16.8 Å². The molecule has 31 heavy (non-hydrogen) atoms. The van der Waals surface area contributed by atoms with Gasteiger partial charge in [0.2, 0.25) is 5.91 Å². The highest BCUT2D eigenvalue weighted by atomic mass is 32.2. The molecule has 0 atom stereocenters. The Kier molecular flexibility index (Phi) is 6.76. The summed E-state index contributed by atoms with van der Waals surface area (Å²) in [5.41, 5.74) is 2.02. The van der Waals surface area contributed by atoms with E-state index in [1.165, 1.54) is 23.7 Å². The summed E-state index contributed by atoms with van der Waals surface area (Å²) in [6.45, 7) is 3.38. The molecule has 0 aliphatic heterocycles. The molecule has 4 rings (SSSR count). The minimum atomic E-state index is -0.0283. The number of benzene rings is 2. The van der Waals surface area contributed by atoms with Crippen molar-refractivity contribution >= 4 is 28.6 Å². The molecule has 1 fully saturated rings. The molecule has 1 amide bonds. The number of thioether (sulfide) groups is 1. The van der Waals surface area contributed by atoms with Crippen LogP contribution < -0.4 is 10.9 Å². The van der Waals surface area contributed by atoms with Crippen LogP contribution in [0.1, 0.15) is 44.6 Å². The molecular formula is C25H29N3O2S. The molecule has 2 aromatic carbocycles. The quantitative estimate of drug-likeness (QED) is 0.396. The molecule has 5 nitrogen and oxygen atoms in total. The molecular weight excluding hydrogens is 406 g/mol. The lowest BCUT2D eigenvalue weighted by atomic mass is 9.64. The molecule has 0 bridgehead atoms. The highest BCUT2D eigenvalue weighted by Gasteiger charge is 2.38. The molecule has 0 saturated heterocycles. The van der Waals surface area contributed by atoms with Crippen LogP contribution in [0.3, 0.4) is 0 Å². The van der Waals surface area contributed by atoms with Gasteiger partial charge in [-0.1, -0.05) is 74.0 Å². The molecule has 1 N–H and O–H groups in total. The van der Waals surface area contributed by atoms with Gasteiger partial charge in [0.1, 0.15) is 0 Å². The van der Waals surface area contributed by atoms with Gasteiger partial charge in [-0.3, -0.25) is 14.2 Å². The zero-order valence-electron chi connectivity index (χ0n) is 18.0. The van der Waals surface area contributed by atoms with E-state index in [0.29, 0.717) is 29.1 Å². The minimum Gasteiger partial charge on any atom is -0.354 e. The van der Waals surface area contributed by atoms with Gasteiger partial charge in [-0.2, -0.15) is 0 Å². The van der Waals surface area contributed by atoms with Crippen LogP contribution in [0.25, 0.3) is 10.9 Å². The Morgan fingerprint density at radius 2 is 1.87 bits per heavy atom. The van der Waals surface area contributed by atoms with E-state index in [4.69, 9.17) is 4.98 Å². The highest BCUT2D eigenvalue weighted by Crippen LogP contribution is 2.43. The molecule has 0 unspecified atom stereocenters. The summed E-state index contributed by atoms with van der Waals surface area (Å²) in [5.74, 6) is 0.235. The van der Waals surface area contributed by atoms with Gasteiger partial charge in [-0.25, -0.2) is 4.98 Å². The fraction of sp³-hybridized carbons (Fsp3) is 0.400. The molecule has 6 heteroatoms. The number of hydrogen-bond acceptors (Lipinski definition) is 4. The zero-order valence-corrected chi connectivity index (χ0v) is 18.8. The van der Waals surface area contributed by atoms with Crippen molar-refractivity contribution in [1.82, 2.24) is 14.9 Å². The Bertz CT molecular complexity index is 1110. The molecule has 162 valence electrons. The van der Waals surface area contributed by atoms with Crippen molar-refractivity contribution in [3.63, 3.8) is 0 Å². The number of aromatic nitrogens is 2. The van der Waals surface area contributed by atoms with Gasteiger partial charge in [0.15, 0.2) is 5.16 Å². The number of fused-ring (bicyclic) bond motifs is 1. The van der Waals surface area contributed by atoms with E-state index in [2.05, 4.69) is 36.5 Å². The Labute approximate surface area is 187 Å². The number of carbonyl (C=O) groups excluding carboxylic acids is 1. The first-order valence-electron chi connectivity index (χ1n) is 11.1. The molecule has 1 aliphatic rings. The first-order chi connectivity index (χ1) is 15.1. The van der Waals surface area contributed by atoms with Gasteiger partial charge in [0.05, 0.1) is 16.7 Å². The predicted octanol–water partition coefficient (Wildman–Crippen LogP) is 4.53. The van der Waals surface area contributed by atoms with Gasteiger partial charge in [-0.05, 0) is 37.0 Å². The fourth-order valence-corrected chi connectivity index (χ4v) is 5.04. The number of unbranched alkanes of at least 4 members (excludes halogenated alkanes) is 1. The molecule has 1 heterocycles. The largest absolute Gasteiger partial charge is 0.354 e. The normalized spacial score (nSPS) is 14.9. The van der Waals surface area contributed by atoms with E-state index in [0.717, 1.165) is 25.7 Å². The molecule has 3 aromatic rings. The summed E-state index contributed by atoms with van der Waals surface area (Å²) in [5, 5.41) is 4.38. The standard InChI is InChI=1S/C25H29N3O2S/c1-2-3-16-28-23(30)20-12-7-8-13-21(20)27-24(28)31-17-22(29)26-18-25(14-9-15-25)19-10-5-4-6-11-19/h4-8,10-13H,2-3,9,14-18H2,1H3,(H,26,29). The third-order valence-corrected chi connectivity index (χ3v) is 7.19. The van der Waals surface area contributed by atoms with Crippen LogP contribution >= 0.6 is 11.8 Å². The fourth-order valence-electron chi connectivity index (χ4n) is 4.18. The lowest BCUT2D eigenvalue weighted by Gasteiger charge is -2.42. The number of nitrogens with zero attached hydrogens (tertiary/aromatic N) is 2. The van der Waals surface area contributed by atoms with Crippen LogP contribution in [0.4, 0.5) is 0 Å². The maximum Gasteiger partial charge on any atom is 0.262 e. The van der Waals surface area contributed by atoms with Crippen LogP contribution in [0.15, 0.2) is 64.5 Å². The third kappa shape index (κ3) is 4.69. The first kappa shape index (κ1) is 21.6. The van der Waals surface area contributed by atoms with Crippen LogP contribution in [0, 0.1) is 0 Å². The lowest BCUT2D eigenvalue weighted by Crippen LogP contribution is -2.46. The van der Waals surface area contributed by atoms with Crippen LogP contribution in [0.2, 0.25) is 0 Å². The van der Waals surface area contributed by atoms with E-state index in [9.17, 15) is 9.59 Å². The van der Waals surface area contributed by atoms with Gasteiger partial charge in [-0.15, -0.1) is 0 Å². The summed E-state index contributed by atoms with van der Waals surface area (Å²) in [4.78, 5) is 30.3. The number of para-hydroxylation sites is 1. The minimum absolute atomic E-state index is 0.0170. The van der Waals surface area contributed by atoms with E-state index in [1.54, 1.807) is 4.57 Å². The topological polar surface area (TPSA) is 64.0 Å². The van der Waals surface area contributed by atoms with Gasteiger partial charge < -0.3 is 5.32 Å². The molecule has 0 radical (unpaired) electrons. The molecule has 0 spiro atoms. The maximum absolute atomic E-state index is 13.0. The van der Waals surface area contributed by atoms with E-state index in [1.807, 2.05) is 30.3 Å². The number of carbonyl (C=O) groups is 1. The van der Waals surface area contributed by atoms with Crippen molar-refractivity contribution in [3.8, 4) is 0 Å². The van der Waals surface area contributed by atoms with Crippen molar-refractivity contribution < 1.29 is 4.79 Å². The average Bonchev–Trinajstić information content (AvgIpc) is 2.77. The van der Waals surface area contributed by atoms with Crippen LogP contribution in [-0.4, -0.2) is 27.8 Å². The van der Waals surface area contributed by atoms with Crippen molar-refractivity contribution in [2.24, 2.45) is 0 Å². The summed E-state index contributed by atoms with van der Waals surface area (Å²) < 4.78 is 1.72. The monoisotopic (exact) mass is 435 g/mol. The van der Waals surface area contributed by atoms with Gasteiger partial charge >= 0.3 is 0 Å². The summed E-state index contributed by atoms with van der Waals surface area (Å²) >= 11 is 1.35. The molecule has 1 aromatic heterocycles. The predicted molar refractivity (Wildman–Crippen MR) is 127 cm³/mol. The Morgan fingerprint density at radius 1 is 1.13 bits per heavy atom. The Balaban J connectivity index is 1.45. The lowest BCUT2D eigenvalue weighted by molar-refractivity contribution is -0.119. The average molecular weight is 436 g/mol. The number of hydrogen-bond donors (Lipinski definition) is 1. The number of nitrogens with one attached hydrogen (secondary N) is 1. The van der Waals surface area contributed by atoms with E-state index >= 15 is 0 Å². The summed E-state index contributed by atoms with van der Waals surface area (Å²) in [6.07, 6.45) is 5.30. The molecule has 1 aliphatic carbocycles. The Morgan fingerprint density at radius 3 is 2.58 bits per heavy atom. The SMILES string of the molecule is CCCCn1c(SCC(=O)NCC2(c3ccccc3)CCC2)nc2ccccc2c1=O. The van der Waals surface area contributed by atoms with Crippen molar-refractivity contribution in [2.75, 3.05) is 12.3 Å². The maximum atomic E-state index is 13.0. The third-order valence-electron chi connectivity index (χ3n) is 6.22.